The summed E-state index contributed by atoms with van der Waals surface area (Å²) in [6, 6.07) is 5.92. The first-order valence-corrected chi connectivity index (χ1v) is 5.18. The zero-order valence-corrected chi connectivity index (χ0v) is 9.57. The van der Waals surface area contributed by atoms with E-state index in [1.54, 1.807) is 19.9 Å². The third kappa shape index (κ3) is 2.36. The second-order valence-electron chi connectivity index (χ2n) is 3.80. The number of aryl methyl sites for hydroxylation is 2. The van der Waals surface area contributed by atoms with Crippen molar-refractivity contribution in [3.63, 3.8) is 0 Å². The van der Waals surface area contributed by atoms with Gasteiger partial charge in [0.25, 0.3) is 0 Å². The number of aromatic nitrogens is 2. The normalized spacial score (nSPS) is 10.3. The second-order valence-corrected chi connectivity index (χ2v) is 3.80. The molecule has 0 N–H and O–H groups in total. The van der Waals surface area contributed by atoms with Gasteiger partial charge in [-0.15, -0.1) is 0 Å². The van der Waals surface area contributed by atoms with Crippen LogP contribution in [0.15, 0.2) is 30.5 Å². The molecular formula is C13H11FN2O. The molecule has 1 aromatic heterocycles. The third-order valence-corrected chi connectivity index (χ3v) is 2.38. The molecule has 3 nitrogen and oxygen atoms in total. The SMILES string of the molecule is Cc1ccc(F)c(C(=O)c2ccnc(C)n2)c1. The largest absolute Gasteiger partial charge is 0.287 e. The molecule has 2 rings (SSSR count). The molecule has 0 saturated heterocycles. The van der Waals surface area contributed by atoms with Gasteiger partial charge in [-0.25, -0.2) is 14.4 Å². The minimum atomic E-state index is -0.531. The van der Waals surface area contributed by atoms with Crippen molar-refractivity contribution in [3.8, 4) is 0 Å². The lowest BCUT2D eigenvalue weighted by Gasteiger charge is -2.03. The minimum Gasteiger partial charge on any atom is -0.287 e. The van der Waals surface area contributed by atoms with Crippen LogP contribution in [0, 0.1) is 19.7 Å². The molecule has 0 fully saturated rings. The summed E-state index contributed by atoms with van der Waals surface area (Å²) in [6.07, 6.45) is 1.49. The van der Waals surface area contributed by atoms with E-state index in [9.17, 15) is 9.18 Å². The summed E-state index contributed by atoms with van der Waals surface area (Å²) in [5.41, 5.74) is 1.09. The average Bonchev–Trinajstić information content (AvgIpc) is 2.31. The van der Waals surface area contributed by atoms with Crippen LogP contribution in [-0.2, 0) is 0 Å². The van der Waals surface area contributed by atoms with Gasteiger partial charge in [0, 0.05) is 6.20 Å². The van der Waals surface area contributed by atoms with Crippen molar-refractivity contribution in [2.24, 2.45) is 0 Å². The molecule has 0 bridgehead atoms. The summed E-state index contributed by atoms with van der Waals surface area (Å²) < 4.78 is 13.5. The van der Waals surface area contributed by atoms with Crippen molar-refractivity contribution in [3.05, 3.63) is 58.9 Å². The molecular weight excluding hydrogens is 219 g/mol. The molecule has 0 spiro atoms. The van der Waals surface area contributed by atoms with Gasteiger partial charge < -0.3 is 0 Å². The Kier molecular flexibility index (Phi) is 2.95. The maximum atomic E-state index is 13.5. The number of benzene rings is 1. The van der Waals surface area contributed by atoms with Gasteiger partial charge in [-0.2, -0.15) is 0 Å². The lowest BCUT2D eigenvalue weighted by molar-refractivity contribution is 0.103. The highest BCUT2D eigenvalue weighted by atomic mass is 19.1. The van der Waals surface area contributed by atoms with E-state index in [4.69, 9.17) is 0 Å². The fourth-order valence-electron chi connectivity index (χ4n) is 1.53. The first kappa shape index (κ1) is 11.4. The van der Waals surface area contributed by atoms with Crippen LogP contribution in [0.4, 0.5) is 4.39 Å². The van der Waals surface area contributed by atoms with E-state index in [1.165, 1.54) is 24.4 Å². The van der Waals surface area contributed by atoms with Gasteiger partial charge in [-0.05, 0) is 32.0 Å². The van der Waals surface area contributed by atoms with Crippen molar-refractivity contribution < 1.29 is 9.18 Å². The van der Waals surface area contributed by atoms with Crippen molar-refractivity contribution in [2.45, 2.75) is 13.8 Å². The number of nitrogens with zero attached hydrogens (tertiary/aromatic N) is 2. The third-order valence-electron chi connectivity index (χ3n) is 2.38. The molecule has 0 aliphatic heterocycles. The molecule has 0 aliphatic rings. The monoisotopic (exact) mass is 230 g/mol. The van der Waals surface area contributed by atoms with Gasteiger partial charge in [-0.1, -0.05) is 11.6 Å². The predicted molar refractivity (Wildman–Crippen MR) is 61.3 cm³/mol. The molecule has 86 valence electrons. The predicted octanol–water partition coefficient (Wildman–Crippen LogP) is 2.46. The minimum absolute atomic E-state index is 0.0445. The summed E-state index contributed by atoms with van der Waals surface area (Å²) in [5.74, 6) is -0.461. The Morgan fingerprint density at radius 3 is 2.71 bits per heavy atom. The van der Waals surface area contributed by atoms with Crippen molar-refractivity contribution in [1.82, 2.24) is 9.97 Å². The standard InChI is InChI=1S/C13H11FN2O/c1-8-3-4-11(14)10(7-8)13(17)12-5-6-15-9(2)16-12/h3-7H,1-2H3. The molecule has 1 aromatic carbocycles. The maximum Gasteiger partial charge on any atom is 0.214 e. The van der Waals surface area contributed by atoms with Gasteiger partial charge >= 0.3 is 0 Å². The molecule has 0 atom stereocenters. The Hall–Kier alpha value is -2.10. The summed E-state index contributed by atoms with van der Waals surface area (Å²) in [5, 5.41) is 0. The average molecular weight is 230 g/mol. The maximum absolute atomic E-state index is 13.5. The van der Waals surface area contributed by atoms with E-state index in [0.717, 1.165) is 5.56 Å². The van der Waals surface area contributed by atoms with Crippen molar-refractivity contribution in [2.75, 3.05) is 0 Å². The number of carbonyl (C=O) groups excluding carboxylic acids is 1. The van der Waals surface area contributed by atoms with Crippen LogP contribution < -0.4 is 0 Å². The highest BCUT2D eigenvalue weighted by molar-refractivity contribution is 6.07. The summed E-state index contributed by atoms with van der Waals surface area (Å²) in [6.45, 7) is 3.49. The van der Waals surface area contributed by atoms with Gasteiger partial charge in [0.2, 0.25) is 5.78 Å². The molecule has 2 aromatic rings. The van der Waals surface area contributed by atoms with E-state index in [-0.39, 0.29) is 11.3 Å². The molecule has 0 unspecified atom stereocenters. The van der Waals surface area contributed by atoms with Crippen LogP contribution in [0.25, 0.3) is 0 Å². The lowest BCUT2D eigenvalue weighted by Crippen LogP contribution is -2.08. The number of carbonyl (C=O) groups is 1. The first-order valence-electron chi connectivity index (χ1n) is 5.18. The van der Waals surface area contributed by atoms with Crippen LogP contribution >= 0.6 is 0 Å². The molecule has 0 aliphatic carbocycles. The van der Waals surface area contributed by atoms with E-state index in [0.29, 0.717) is 5.82 Å². The first-order chi connectivity index (χ1) is 8.08. The molecule has 4 heteroatoms. The smallest absolute Gasteiger partial charge is 0.214 e. The van der Waals surface area contributed by atoms with Gasteiger partial charge in [0.1, 0.15) is 17.3 Å². The fraction of sp³-hybridized carbons (Fsp3) is 0.154. The summed E-state index contributed by atoms with van der Waals surface area (Å²) in [4.78, 5) is 19.9. The Morgan fingerprint density at radius 1 is 1.24 bits per heavy atom. The number of halogens is 1. The topological polar surface area (TPSA) is 42.9 Å². The molecule has 0 amide bonds. The Balaban J connectivity index is 2.47. The molecule has 0 radical (unpaired) electrons. The highest BCUT2D eigenvalue weighted by Crippen LogP contribution is 2.14. The van der Waals surface area contributed by atoms with Crippen LogP contribution in [0.2, 0.25) is 0 Å². The van der Waals surface area contributed by atoms with E-state index >= 15 is 0 Å². The van der Waals surface area contributed by atoms with E-state index < -0.39 is 11.6 Å². The quantitative estimate of drug-likeness (QED) is 0.744. The second kappa shape index (κ2) is 4.41. The number of rotatable bonds is 2. The van der Waals surface area contributed by atoms with Crippen molar-refractivity contribution >= 4 is 5.78 Å². The van der Waals surface area contributed by atoms with E-state index in [2.05, 4.69) is 9.97 Å². The Labute approximate surface area is 98.3 Å². The Morgan fingerprint density at radius 2 is 2.00 bits per heavy atom. The zero-order valence-electron chi connectivity index (χ0n) is 9.57. The molecule has 17 heavy (non-hydrogen) atoms. The number of ketones is 1. The summed E-state index contributed by atoms with van der Waals surface area (Å²) >= 11 is 0. The van der Waals surface area contributed by atoms with Crippen molar-refractivity contribution in [1.29, 1.82) is 0 Å². The number of hydrogen-bond donors (Lipinski definition) is 0. The summed E-state index contributed by atoms with van der Waals surface area (Å²) in [7, 11) is 0. The number of hydrogen-bond acceptors (Lipinski definition) is 3. The van der Waals surface area contributed by atoms with Crippen LogP contribution in [0.3, 0.4) is 0 Å². The lowest BCUT2D eigenvalue weighted by atomic mass is 10.0. The van der Waals surface area contributed by atoms with E-state index in [1.807, 2.05) is 0 Å². The molecule has 0 saturated carbocycles. The highest BCUT2D eigenvalue weighted by Gasteiger charge is 2.15. The van der Waals surface area contributed by atoms with Crippen LogP contribution in [0.5, 0.6) is 0 Å². The van der Waals surface area contributed by atoms with Gasteiger partial charge in [0.05, 0.1) is 5.56 Å². The van der Waals surface area contributed by atoms with Crippen LogP contribution in [0.1, 0.15) is 27.4 Å². The zero-order chi connectivity index (χ0) is 12.4. The molecule has 1 heterocycles. The van der Waals surface area contributed by atoms with Gasteiger partial charge in [-0.3, -0.25) is 4.79 Å². The fourth-order valence-corrected chi connectivity index (χ4v) is 1.53. The Bertz CT molecular complexity index is 581. The van der Waals surface area contributed by atoms with Crippen LogP contribution in [-0.4, -0.2) is 15.8 Å². The van der Waals surface area contributed by atoms with Gasteiger partial charge in [0.15, 0.2) is 0 Å².